The summed E-state index contributed by atoms with van der Waals surface area (Å²) < 4.78 is 0. The summed E-state index contributed by atoms with van der Waals surface area (Å²) in [5.41, 5.74) is 0.773. The first-order chi connectivity index (χ1) is 11.5. The number of carbonyl (C=O) groups is 2. The molecular formula is C18H27N3O2S. The Hall–Kier alpha value is -1.69. The van der Waals surface area contributed by atoms with Crippen LogP contribution in [0.1, 0.15) is 39.5 Å². The van der Waals surface area contributed by atoms with Gasteiger partial charge < -0.3 is 16.0 Å². The zero-order chi connectivity index (χ0) is 17.4. The minimum atomic E-state index is -0.259. The predicted octanol–water partition coefficient (Wildman–Crippen LogP) is 3.62. The van der Waals surface area contributed by atoms with Crippen LogP contribution in [-0.4, -0.2) is 30.3 Å². The summed E-state index contributed by atoms with van der Waals surface area (Å²) in [4.78, 5) is 24.5. The molecule has 0 unspecified atom stereocenters. The Bertz CT molecular complexity index is 540. The van der Waals surface area contributed by atoms with Crippen molar-refractivity contribution in [3.05, 3.63) is 24.3 Å². The molecule has 1 aliphatic carbocycles. The molecule has 6 heteroatoms. The highest BCUT2D eigenvalue weighted by Gasteiger charge is 2.15. The SMILES string of the molecule is CC(C)C(=O)NCCNC(=O)Nc1ccc(SC2CCCC2)cc1. The first-order valence-electron chi connectivity index (χ1n) is 8.64. The van der Waals surface area contributed by atoms with Gasteiger partial charge in [0.25, 0.3) is 0 Å². The zero-order valence-electron chi connectivity index (χ0n) is 14.4. The Kier molecular flexibility index (Phi) is 7.43. The Morgan fingerprint density at radius 1 is 1.08 bits per heavy atom. The van der Waals surface area contributed by atoms with Crippen molar-refractivity contribution in [1.29, 1.82) is 0 Å². The molecule has 0 radical (unpaired) electrons. The number of thioether (sulfide) groups is 1. The number of carbonyl (C=O) groups excluding carboxylic acids is 2. The zero-order valence-corrected chi connectivity index (χ0v) is 15.2. The van der Waals surface area contributed by atoms with E-state index in [2.05, 4.69) is 28.1 Å². The van der Waals surface area contributed by atoms with E-state index in [1.54, 1.807) is 0 Å². The second-order valence-electron chi connectivity index (χ2n) is 6.38. The molecule has 24 heavy (non-hydrogen) atoms. The molecule has 1 aromatic carbocycles. The smallest absolute Gasteiger partial charge is 0.319 e. The Balaban J connectivity index is 1.67. The van der Waals surface area contributed by atoms with E-state index in [4.69, 9.17) is 0 Å². The van der Waals surface area contributed by atoms with Crippen molar-refractivity contribution >= 4 is 29.4 Å². The average Bonchev–Trinajstić information content (AvgIpc) is 3.06. The minimum absolute atomic E-state index is 0.00689. The molecule has 0 heterocycles. The van der Waals surface area contributed by atoms with Gasteiger partial charge in [-0.1, -0.05) is 26.7 Å². The van der Waals surface area contributed by atoms with Crippen LogP contribution in [0.4, 0.5) is 10.5 Å². The number of hydrogen-bond donors (Lipinski definition) is 3. The van der Waals surface area contributed by atoms with Crippen molar-refractivity contribution in [2.24, 2.45) is 5.92 Å². The van der Waals surface area contributed by atoms with Crippen molar-refractivity contribution in [1.82, 2.24) is 10.6 Å². The van der Waals surface area contributed by atoms with Crippen LogP contribution in [0, 0.1) is 5.92 Å². The molecule has 1 fully saturated rings. The van der Waals surface area contributed by atoms with Crippen LogP contribution < -0.4 is 16.0 Å². The van der Waals surface area contributed by atoms with Crippen molar-refractivity contribution in [3.8, 4) is 0 Å². The molecule has 0 atom stereocenters. The van der Waals surface area contributed by atoms with Crippen LogP contribution in [-0.2, 0) is 4.79 Å². The second kappa shape index (κ2) is 9.57. The molecule has 132 valence electrons. The number of benzene rings is 1. The van der Waals surface area contributed by atoms with Gasteiger partial charge >= 0.3 is 6.03 Å². The van der Waals surface area contributed by atoms with Gasteiger partial charge in [0.15, 0.2) is 0 Å². The van der Waals surface area contributed by atoms with Crippen LogP contribution in [0.5, 0.6) is 0 Å². The molecule has 1 aliphatic rings. The van der Waals surface area contributed by atoms with Gasteiger partial charge in [-0.25, -0.2) is 4.79 Å². The van der Waals surface area contributed by atoms with Gasteiger partial charge in [0.05, 0.1) is 0 Å². The van der Waals surface area contributed by atoms with Gasteiger partial charge in [0.1, 0.15) is 0 Å². The molecule has 3 amide bonds. The van der Waals surface area contributed by atoms with Gasteiger partial charge in [-0.2, -0.15) is 0 Å². The summed E-state index contributed by atoms with van der Waals surface area (Å²) in [7, 11) is 0. The van der Waals surface area contributed by atoms with Gasteiger partial charge in [-0.15, -0.1) is 11.8 Å². The average molecular weight is 350 g/mol. The van der Waals surface area contributed by atoms with Crippen molar-refractivity contribution in [2.45, 2.75) is 49.7 Å². The van der Waals surface area contributed by atoms with E-state index < -0.39 is 0 Å². The van der Waals surface area contributed by atoms with Crippen molar-refractivity contribution in [3.63, 3.8) is 0 Å². The molecule has 1 saturated carbocycles. The van der Waals surface area contributed by atoms with Gasteiger partial charge in [-0.05, 0) is 37.1 Å². The lowest BCUT2D eigenvalue weighted by atomic mass is 10.2. The van der Waals surface area contributed by atoms with E-state index in [9.17, 15) is 9.59 Å². The molecule has 2 rings (SSSR count). The van der Waals surface area contributed by atoms with E-state index >= 15 is 0 Å². The van der Waals surface area contributed by atoms with Crippen molar-refractivity contribution in [2.75, 3.05) is 18.4 Å². The fourth-order valence-electron chi connectivity index (χ4n) is 2.56. The normalized spacial score (nSPS) is 14.6. The fraction of sp³-hybridized carbons (Fsp3) is 0.556. The lowest BCUT2D eigenvalue weighted by Crippen LogP contribution is -2.38. The predicted molar refractivity (Wildman–Crippen MR) is 99.4 cm³/mol. The molecular weight excluding hydrogens is 322 g/mol. The topological polar surface area (TPSA) is 70.2 Å². The first-order valence-corrected chi connectivity index (χ1v) is 9.52. The van der Waals surface area contributed by atoms with E-state index in [0.717, 1.165) is 10.9 Å². The number of nitrogens with one attached hydrogen (secondary N) is 3. The maximum Gasteiger partial charge on any atom is 0.319 e. The Morgan fingerprint density at radius 2 is 1.71 bits per heavy atom. The molecule has 1 aromatic rings. The number of hydrogen-bond acceptors (Lipinski definition) is 3. The van der Waals surface area contributed by atoms with Gasteiger partial charge in [0.2, 0.25) is 5.91 Å². The molecule has 3 N–H and O–H groups in total. The first kappa shape index (κ1) is 18.6. The fourth-order valence-corrected chi connectivity index (χ4v) is 3.80. The lowest BCUT2D eigenvalue weighted by molar-refractivity contribution is -0.123. The van der Waals surface area contributed by atoms with E-state index in [-0.39, 0.29) is 17.9 Å². The third kappa shape index (κ3) is 6.43. The molecule has 5 nitrogen and oxygen atoms in total. The third-order valence-corrected chi connectivity index (χ3v) is 5.30. The second-order valence-corrected chi connectivity index (χ2v) is 7.75. The molecule has 0 bridgehead atoms. The van der Waals surface area contributed by atoms with E-state index in [1.807, 2.05) is 37.7 Å². The van der Waals surface area contributed by atoms with Crippen LogP contribution in [0.3, 0.4) is 0 Å². The molecule has 0 aliphatic heterocycles. The highest BCUT2D eigenvalue weighted by molar-refractivity contribution is 8.00. The van der Waals surface area contributed by atoms with Crippen LogP contribution in [0.25, 0.3) is 0 Å². The van der Waals surface area contributed by atoms with Crippen LogP contribution in [0.15, 0.2) is 29.2 Å². The Morgan fingerprint density at radius 3 is 2.33 bits per heavy atom. The maximum atomic E-state index is 11.8. The number of anilines is 1. The number of amides is 3. The summed E-state index contributed by atoms with van der Waals surface area (Å²) in [6.07, 6.45) is 5.30. The summed E-state index contributed by atoms with van der Waals surface area (Å²) >= 11 is 1.93. The molecule has 0 aromatic heterocycles. The number of rotatable bonds is 7. The number of urea groups is 1. The minimum Gasteiger partial charge on any atom is -0.354 e. The standard InChI is InChI=1S/C18H27N3O2S/c1-13(2)17(22)19-11-12-20-18(23)21-14-7-9-16(10-8-14)24-15-5-3-4-6-15/h7-10,13,15H,3-6,11-12H2,1-2H3,(H,19,22)(H2,20,21,23). The monoisotopic (exact) mass is 349 g/mol. The lowest BCUT2D eigenvalue weighted by Gasteiger charge is -2.11. The van der Waals surface area contributed by atoms with E-state index in [0.29, 0.717) is 13.1 Å². The van der Waals surface area contributed by atoms with Crippen molar-refractivity contribution < 1.29 is 9.59 Å². The van der Waals surface area contributed by atoms with Crippen LogP contribution >= 0.6 is 11.8 Å². The Labute approximate surface area is 148 Å². The largest absolute Gasteiger partial charge is 0.354 e. The highest BCUT2D eigenvalue weighted by Crippen LogP contribution is 2.34. The molecule has 0 spiro atoms. The van der Waals surface area contributed by atoms with Crippen LogP contribution in [0.2, 0.25) is 0 Å². The summed E-state index contributed by atoms with van der Waals surface area (Å²) in [6.45, 7) is 4.51. The maximum absolute atomic E-state index is 11.8. The summed E-state index contributed by atoms with van der Waals surface area (Å²) in [6, 6.07) is 7.71. The summed E-state index contributed by atoms with van der Waals surface area (Å²) in [5, 5.41) is 9.03. The van der Waals surface area contributed by atoms with E-state index in [1.165, 1.54) is 30.6 Å². The third-order valence-electron chi connectivity index (χ3n) is 3.95. The highest BCUT2D eigenvalue weighted by atomic mass is 32.2. The molecule has 0 saturated heterocycles. The van der Waals surface area contributed by atoms with Gasteiger partial charge in [-0.3, -0.25) is 4.79 Å². The summed E-state index contributed by atoms with van der Waals surface area (Å²) in [5.74, 6) is -0.0491. The quantitative estimate of drug-likeness (QED) is 0.659. The van der Waals surface area contributed by atoms with Gasteiger partial charge in [0, 0.05) is 34.8 Å².